The lowest BCUT2D eigenvalue weighted by molar-refractivity contribution is 0.0600. The van der Waals surface area contributed by atoms with Gasteiger partial charge in [-0.05, 0) is 42.5 Å². The lowest BCUT2D eigenvalue weighted by Gasteiger charge is -2.07. The van der Waals surface area contributed by atoms with Crippen LogP contribution in [0.2, 0.25) is 5.02 Å². The summed E-state index contributed by atoms with van der Waals surface area (Å²) >= 11 is 7.31. The predicted molar refractivity (Wildman–Crippen MR) is 77.8 cm³/mol. The average Bonchev–Trinajstić information content (AvgIpc) is 2.43. The van der Waals surface area contributed by atoms with Gasteiger partial charge in [-0.3, -0.25) is 0 Å². The first-order valence-electron chi connectivity index (χ1n) is 5.51. The third-order valence-corrected chi connectivity index (χ3v) is 3.81. The van der Waals surface area contributed by atoms with Gasteiger partial charge in [-0.2, -0.15) is 0 Å². The standard InChI is InChI=1S/C14H12ClNO2S/c1-18-14(17)9-2-7-12(16)13(8-9)19-11-5-3-10(15)4-6-11/h2-8H,16H2,1H3. The van der Waals surface area contributed by atoms with E-state index in [0.717, 1.165) is 9.79 Å². The van der Waals surface area contributed by atoms with Crippen LogP contribution in [0.4, 0.5) is 5.69 Å². The Morgan fingerprint density at radius 3 is 2.53 bits per heavy atom. The number of carbonyl (C=O) groups is 1. The van der Waals surface area contributed by atoms with E-state index in [2.05, 4.69) is 0 Å². The maximum atomic E-state index is 11.5. The highest BCUT2D eigenvalue weighted by Crippen LogP contribution is 2.33. The maximum absolute atomic E-state index is 11.5. The zero-order valence-corrected chi connectivity index (χ0v) is 11.8. The van der Waals surface area contributed by atoms with Crippen LogP contribution in [0, 0.1) is 0 Å². The van der Waals surface area contributed by atoms with Gasteiger partial charge in [0.05, 0.1) is 12.7 Å². The number of methoxy groups -OCH3 is 1. The van der Waals surface area contributed by atoms with Gasteiger partial charge in [0, 0.05) is 20.5 Å². The van der Waals surface area contributed by atoms with E-state index < -0.39 is 0 Å². The lowest BCUT2D eigenvalue weighted by atomic mass is 10.2. The molecule has 0 unspecified atom stereocenters. The molecule has 0 atom stereocenters. The van der Waals surface area contributed by atoms with Gasteiger partial charge in [-0.25, -0.2) is 4.79 Å². The molecule has 5 heteroatoms. The summed E-state index contributed by atoms with van der Waals surface area (Å²) in [4.78, 5) is 13.3. The zero-order valence-electron chi connectivity index (χ0n) is 10.2. The number of ether oxygens (including phenoxy) is 1. The van der Waals surface area contributed by atoms with Crippen LogP contribution in [-0.2, 0) is 4.74 Å². The Balaban J connectivity index is 2.28. The Morgan fingerprint density at radius 2 is 1.89 bits per heavy atom. The third-order valence-electron chi connectivity index (χ3n) is 2.48. The normalized spacial score (nSPS) is 10.2. The first-order chi connectivity index (χ1) is 9.10. The number of hydrogen-bond acceptors (Lipinski definition) is 4. The third kappa shape index (κ3) is 3.43. The summed E-state index contributed by atoms with van der Waals surface area (Å²) in [5.74, 6) is -0.377. The molecule has 0 saturated carbocycles. The van der Waals surface area contributed by atoms with Crippen molar-refractivity contribution in [2.75, 3.05) is 12.8 Å². The smallest absolute Gasteiger partial charge is 0.337 e. The van der Waals surface area contributed by atoms with Crippen molar-refractivity contribution in [3.05, 3.63) is 53.1 Å². The zero-order chi connectivity index (χ0) is 13.8. The summed E-state index contributed by atoms with van der Waals surface area (Å²) in [6.45, 7) is 0. The van der Waals surface area contributed by atoms with E-state index >= 15 is 0 Å². The summed E-state index contributed by atoms with van der Waals surface area (Å²) < 4.78 is 4.69. The summed E-state index contributed by atoms with van der Waals surface area (Å²) in [6, 6.07) is 12.5. The second-order valence-corrected chi connectivity index (χ2v) is 5.35. The van der Waals surface area contributed by atoms with Crippen molar-refractivity contribution >= 4 is 35.0 Å². The van der Waals surface area contributed by atoms with Gasteiger partial charge in [0.15, 0.2) is 0 Å². The predicted octanol–water partition coefficient (Wildman–Crippen LogP) is 3.86. The molecule has 0 saturated heterocycles. The van der Waals surface area contributed by atoms with Crippen LogP contribution in [0.15, 0.2) is 52.3 Å². The molecule has 2 N–H and O–H groups in total. The van der Waals surface area contributed by atoms with Gasteiger partial charge in [0.2, 0.25) is 0 Å². The monoisotopic (exact) mass is 293 g/mol. The maximum Gasteiger partial charge on any atom is 0.337 e. The van der Waals surface area contributed by atoms with Gasteiger partial charge in [-0.15, -0.1) is 0 Å². The molecule has 19 heavy (non-hydrogen) atoms. The summed E-state index contributed by atoms with van der Waals surface area (Å²) in [7, 11) is 1.35. The van der Waals surface area contributed by atoms with Gasteiger partial charge in [-0.1, -0.05) is 23.4 Å². The molecule has 0 aliphatic rings. The molecule has 0 fully saturated rings. The fourth-order valence-electron chi connectivity index (χ4n) is 1.50. The van der Waals surface area contributed by atoms with Gasteiger partial charge in [0.25, 0.3) is 0 Å². The van der Waals surface area contributed by atoms with Gasteiger partial charge in [0.1, 0.15) is 0 Å². The molecule has 0 spiro atoms. The van der Waals surface area contributed by atoms with Crippen LogP contribution in [0.25, 0.3) is 0 Å². The number of carbonyl (C=O) groups excluding carboxylic acids is 1. The molecule has 0 aromatic heterocycles. The molecule has 2 aromatic rings. The van der Waals surface area contributed by atoms with Crippen LogP contribution < -0.4 is 5.73 Å². The molecule has 2 aromatic carbocycles. The van der Waals surface area contributed by atoms with Crippen molar-refractivity contribution in [2.45, 2.75) is 9.79 Å². The van der Waals surface area contributed by atoms with E-state index in [1.807, 2.05) is 24.3 Å². The molecule has 0 radical (unpaired) electrons. The van der Waals surface area contributed by atoms with E-state index in [1.54, 1.807) is 18.2 Å². The molecule has 0 bridgehead atoms. The summed E-state index contributed by atoms with van der Waals surface area (Å²) in [5, 5.41) is 0.681. The van der Waals surface area contributed by atoms with Crippen molar-refractivity contribution in [3.63, 3.8) is 0 Å². The first kappa shape index (κ1) is 13.8. The summed E-state index contributed by atoms with van der Waals surface area (Å²) in [6.07, 6.45) is 0. The van der Waals surface area contributed by atoms with Crippen LogP contribution in [0.5, 0.6) is 0 Å². The van der Waals surface area contributed by atoms with Gasteiger partial charge >= 0.3 is 5.97 Å². The molecular formula is C14H12ClNO2S. The number of benzene rings is 2. The molecular weight excluding hydrogens is 282 g/mol. The Bertz CT molecular complexity index is 599. The second kappa shape index (κ2) is 5.99. The van der Waals surface area contributed by atoms with E-state index in [4.69, 9.17) is 22.1 Å². The highest BCUT2D eigenvalue weighted by atomic mass is 35.5. The first-order valence-corrected chi connectivity index (χ1v) is 6.71. The topological polar surface area (TPSA) is 52.3 Å². The fourth-order valence-corrected chi connectivity index (χ4v) is 2.52. The van der Waals surface area contributed by atoms with Crippen LogP contribution >= 0.6 is 23.4 Å². The second-order valence-electron chi connectivity index (χ2n) is 3.80. The van der Waals surface area contributed by atoms with Crippen LogP contribution in [0.1, 0.15) is 10.4 Å². The SMILES string of the molecule is COC(=O)c1ccc(N)c(Sc2ccc(Cl)cc2)c1. The minimum Gasteiger partial charge on any atom is -0.465 e. The van der Waals surface area contributed by atoms with Crippen molar-refractivity contribution in [3.8, 4) is 0 Å². The number of halogens is 1. The van der Waals surface area contributed by atoms with Crippen molar-refractivity contribution < 1.29 is 9.53 Å². The number of hydrogen-bond donors (Lipinski definition) is 1. The molecule has 0 aliphatic heterocycles. The number of nitrogen functional groups attached to an aromatic ring is 1. The Kier molecular flexibility index (Phi) is 4.35. The molecule has 0 heterocycles. The number of anilines is 1. The quantitative estimate of drug-likeness (QED) is 0.689. The minimum atomic E-state index is -0.377. The molecule has 0 amide bonds. The van der Waals surface area contributed by atoms with E-state index in [1.165, 1.54) is 18.9 Å². The number of rotatable bonds is 3. The number of esters is 1. The van der Waals surface area contributed by atoms with E-state index in [0.29, 0.717) is 16.3 Å². The Morgan fingerprint density at radius 1 is 1.21 bits per heavy atom. The summed E-state index contributed by atoms with van der Waals surface area (Å²) in [5.41, 5.74) is 7.01. The molecule has 98 valence electrons. The van der Waals surface area contributed by atoms with Crippen LogP contribution in [0.3, 0.4) is 0 Å². The minimum absolute atomic E-state index is 0.377. The van der Waals surface area contributed by atoms with E-state index in [9.17, 15) is 4.79 Å². The number of nitrogens with two attached hydrogens (primary N) is 1. The highest BCUT2D eigenvalue weighted by molar-refractivity contribution is 7.99. The highest BCUT2D eigenvalue weighted by Gasteiger charge is 2.09. The Hall–Kier alpha value is -1.65. The largest absolute Gasteiger partial charge is 0.465 e. The van der Waals surface area contributed by atoms with Crippen molar-refractivity contribution in [1.82, 2.24) is 0 Å². The van der Waals surface area contributed by atoms with Crippen LogP contribution in [-0.4, -0.2) is 13.1 Å². The van der Waals surface area contributed by atoms with Crippen molar-refractivity contribution in [2.24, 2.45) is 0 Å². The molecule has 3 nitrogen and oxygen atoms in total. The fraction of sp³-hybridized carbons (Fsp3) is 0.0714. The molecule has 0 aliphatic carbocycles. The Labute approximate surface area is 120 Å². The van der Waals surface area contributed by atoms with Crippen molar-refractivity contribution in [1.29, 1.82) is 0 Å². The van der Waals surface area contributed by atoms with E-state index in [-0.39, 0.29) is 5.97 Å². The average molecular weight is 294 g/mol. The molecule has 2 rings (SSSR count). The van der Waals surface area contributed by atoms with Gasteiger partial charge < -0.3 is 10.5 Å². The lowest BCUT2D eigenvalue weighted by Crippen LogP contribution is -2.02.